The van der Waals surface area contributed by atoms with Gasteiger partial charge in [-0.15, -0.1) is 0 Å². The number of ketones is 1. The molecule has 2 nitrogen and oxygen atoms in total. The molecule has 0 bridgehead atoms. The molecule has 3 heteroatoms. The summed E-state index contributed by atoms with van der Waals surface area (Å²) >= 11 is 0. The second kappa shape index (κ2) is 4.78. The van der Waals surface area contributed by atoms with Gasteiger partial charge in [0.2, 0.25) is 0 Å². The average Bonchev–Trinajstić information content (AvgIpc) is 2.72. The fraction of sp³-hybridized carbons (Fsp3) is 0.947. The van der Waals surface area contributed by atoms with Gasteiger partial charge in [0.25, 0.3) is 0 Å². The quantitative estimate of drug-likeness (QED) is 0.737. The Morgan fingerprint density at radius 1 is 1.05 bits per heavy atom. The lowest BCUT2D eigenvalue weighted by Crippen LogP contribution is -2.54. The molecule has 0 aromatic heterocycles. The van der Waals surface area contributed by atoms with Crippen LogP contribution in [-0.2, 0) is 4.79 Å². The van der Waals surface area contributed by atoms with E-state index in [0.29, 0.717) is 29.6 Å². The van der Waals surface area contributed by atoms with Gasteiger partial charge in [-0.1, -0.05) is 13.8 Å². The van der Waals surface area contributed by atoms with Crippen LogP contribution in [0.3, 0.4) is 0 Å². The zero-order valence-electron chi connectivity index (χ0n) is 13.9. The van der Waals surface area contributed by atoms with E-state index in [1.165, 1.54) is 0 Å². The maximum Gasteiger partial charge on any atom is 0.173 e. The third kappa shape index (κ3) is 1.84. The van der Waals surface area contributed by atoms with Crippen LogP contribution in [0, 0.1) is 34.5 Å². The summed E-state index contributed by atoms with van der Waals surface area (Å²) in [5, 5.41) is 10.0. The van der Waals surface area contributed by atoms with Crippen molar-refractivity contribution in [2.24, 2.45) is 34.5 Å². The van der Waals surface area contributed by atoms with Gasteiger partial charge in [-0.05, 0) is 80.5 Å². The third-order valence-corrected chi connectivity index (χ3v) is 8.34. The van der Waals surface area contributed by atoms with Crippen LogP contribution in [0.1, 0.15) is 65.2 Å². The lowest BCUT2D eigenvalue weighted by atomic mass is 9.45. The summed E-state index contributed by atoms with van der Waals surface area (Å²) in [5.41, 5.74) is -0.0844. The van der Waals surface area contributed by atoms with Crippen LogP contribution in [0.15, 0.2) is 0 Å². The fourth-order valence-electron chi connectivity index (χ4n) is 6.98. The maximum atomic E-state index is 14.1. The SMILES string of the molecule is C[C@]12CC[C@H](O)C[C@@H]1CC[C@@H]1[C@@H]2CC[C@]2(C)C(=O)[C@@H](F)C[C@@H]12. The molecule has 4 rings (SSSR count). The van der Waals surface area contributed by atoms with Crippen molar-refractivity contribution in [2.75, 3.05) is 0 Å². The molecule has 1 N–H and O–H groups in total. The number of fused-ring (bicyclic) bond motifs is 5. The van der Waals surface area contributed by atoms with Crippen molar-refractivity contribution >= 4 is 5.78 Å². The number of carbonyl (C=O) groups is 1. The Morgan fingerprint density at radius 2 is 1.82 bits per heavy atom. The number of hydrogen-bond acceptors (Lipinski definition) is 2. The number of aliphatic hydroxyl groups is 1. The Labute approximate surface area is 132 Å². The van der Waals surface area contributed by atoms with Crippen molar-refractivity contribution in [1.29, 1.82) is 0 Å². The Morgan fingerprint density at radius 3 is 2.59 bits per heavy atom. The molecule has 0 saturated heterocycles. The first-order chi connectivity index (χ1) is 10.4. The number of hydrogen-bond donors (Lipinski definition) is 1. The van der Waals surface area contributed by atoms with Crippen LogP contribution in [0.5, 0.6) is 0 Å². The number of aliphatic hydroxyl groups excluding tert-OH is 1. The van der Waals surface area contributed by atoms with Crippen molar-refractivity contribution in [1.82, 2.24) is 0 Å². The zero-order valence-corrected chi connectivity index (χ0v) is 13.9. The molecule has 4 fully saturated rings. The molecular formula is C19H29FO2. The van der Waals surface area contributed by atoms with Gasteiger partial charge >= 0.3 is 0 Å². The summed E-state index contributed by atoms with van der Waals surface area (Å²) in [6.45, 7) is 4.46. The molecule has 0 radical (unpaired) electrons. The standard InChI is InChI=1S/C19H29FO2/c1-18-7-5-12(21)9-11(18)3-4-13-14(18)6-8-19(2)15(13)10-16(20)17(19)22/h11-16,21H,3-10H2,1-2H3/t11-,12-,13+,14-,15-,16-,18-,19-/m0/s1. The molecule has 0 spiro atoms. The van der Waals surface area contributed by atoms with Gasteiger partial charge in [-0.2, -0.15) is 0 Å². The molecule has 22 heavy (non-hydrogen) atoms. The molecular weight excluding hydrogens is 279 g/mol. The fourth-order valence-corrected chi connectivity index (χ4v) is 6.98. The molecule has 124 valence electrons. The van der Waals surface area contributed by atoms with E-state index in [1.807, 2.05) is 6.92 Å². The highest BCUT2D eigenvalue weighted by molar-refractivity contribution is 5.91. The van der Waals surface area contributed by atoms with Gasteiger partial charge in [0.1, 0.15) is 0 Å². The smallest absolute Gasteiger partial charge is 0.173 e. The normalized spacial score (nSPS) is 57.9. The van der Waals surface area contributed by atoms with Gasteiger partial charge in [0, 0.05) is 5.41 Å². The average molecular weight is 308 g/mol. The molecule has 0 aromatic carbocycles. The predicted molar refractivity (Wildman–Crippen MR) is 83.0 cm³/mol. The first-order valence-corrected chi connectivity index (χ1v) is 9.23. The highest BCUT2D eigenvalue weighted by atomic mass is 19.1. The van der Waals surface area contributed by atoms with E-state index in [4.69, 9.17) is 0 Å². The first-order valence-electron chi connectivity index (χ1n) is 9.23. The van der Waals surface area contributed by atoms with E-state index in [9.17, 15) is 14.3 Å². The van der Waals surface area contributed by atoms with E-state index in [-0.39, 0.29) is 17.8 Å². The Balaban J connectivity index is 1.64. The number of alkyl halides is 1. The summed E-state index contributed by atoms with van der Waals surface area (Å²) in [6.07, 6.45) is 6.37. The summed E-state index contributed by atoms with van der Waals surface area (Å²) < 4.78 is 14.1. The topological polar surface area (TPSA) is 37.3 Å². The summed E-state index contributed by atoms with van der Waals surface area (Å²) in [7, 11) is 0. The van der Waals surface area contributed by atoms with Crippen LogP contribution in [-0.4, -0.2) is 23.2 Å². The molecule has 0 amide bonds. The minimum absolute atomic E-state index is 0.109. The van der Waals surface area contributed by atoms with Gasteiger partial charge in [0.05, 0.1) is 6.10 Å². The second-order valence-corrected chi connectivity index (χ2v) is 9.11. The minimum Gasteiger partial charge on any atom is -0.393 e. The van der Waals surface area contributed by atoms with E-state index >= 15 is 0 Å². The first kappa shape index (κ1) is 15.1. The maximum absolute atomic E-state index is 14.1. The Hall–Kier alpha value is -0.440. The largest absolute Gasteiger partial charge is 0.393 e. The molecule has 0 heterocycles. The predicted octanol–water partition coefficient (Wildman–Crippen LogP) is 3.91. The number of halogens is 1. The van der Waals surface area contributed by atoms with E-state index in [2.05, 4.69) is 6.92 Å². The zero-order chi connectivity index (χ0) is 15.7. The van der Waals surface area contributed by atoms with Gasteiger partial charge in [0.15, 0.2) is 12.0 Å². The molecule has 4 aliphatic carbocycles. The summed E-state index contributed by atoms with van der Waals surface area (Å²) in [4.78, 5) is 12.3. The van der Waals surface area contributed by atoms with Crippen LogP contribution in [0.2, 0.25) is 0 Å². The van der Waals surface area contributed by atoms with E-state index in [1.54, 1.807) is 0 Å². The molecule has 8 atom stereocenters. The summed E-state index contributed by atoms with van der Waals surface area (Å²) in [5.74, 6) is 1.94. The van der Waals surface area contributed by atoms with E-state index < -0.39 is 11.6 Å². The second-order valence-electron chi connectivity index (χ2n) is 9.11. The number of Topliss-reactive ketones (excluding diaryl/α,β-unsaturated/α-hetero) is 1. The molecule has 4 aliphatic rings. The van der Waals surface area contributed by atoms with Crippen molar-refractivity contribution in [3.8, 4) is 0 Å². The summed E-state index contributed by atoms with van der Waals surface area (Å²) in [6, 6.07) is 0. The van der Waals surface area contributed by atoms with Crippen LogP contribution in [0.25, 0.3) is 0 Å². The van der Waals surface area contributed by atoms with Gasteiger partial charge < -0.3 is 5.11 Å². The van der Waals surface area contributed by atoms with Gasteiger partial charge in [-0.3, -0.25) is 4.79 Å². The van der Waals surface area contributed by atoms with Crippen LogP contribution >= 0.6 is 0 Å². The lowest BCUT2D eigenvalue weighted by molar-refractivity contribution is -0.143. The highest BCUT2D eigenvalue weighted by Crippen LogP contribution is 2.65. The number of rotatable bonds is 0. The Bertz CT molecular complexity index is 492. The van der Waals surface area contributed by atoms with Crippen molar-refractivity contribution in [3.05, 3.63) is 0 Å². The van der Waals surface area contributed by atoms with Gasteiger partial charge in [-0.25, -0.2) is 4.39 Å². The van der Waals surface area contributed by atoms with Crippen molar-refractivity contribution in [2.45, 2.75) is 77.5 Å². The molecule has 0 aromatic rings. The highest BCUT2D eigenvalue weighted by Gasteiger charge is 2.62. The van der Waals surface area contributed by atoms with E-state index in [0.717, 1.165) is 44.9 Å². The Kier molecular flexibility index (Phi) is 3.28. The molecule has 0 unspecified atom stereocenters. The molecule has 0 aliphatic heterocycles. The van der Waals surface area contributed by atoms with Crippen LogP contribution < -0.4 is 0 Å². The minimum atomic E-state index is -1.22. The van der Waals surface area contributed by atoms with Crippen molar-refractivity contribution < 1.29 is 14.3 Å². The number of carbonyl (C=O) groups excluding carboxylic acids is 1. The monoisotopic (exact) mass is 308 g/mol. The van der Waals surface area contributed by atoms with Crippen LogP contribution in [0.4, 0.5) is 4.39 Å². The lowest BCUT2D eigenvalue weighted by Gasteiger charge is -2.59. The van der Waals surface area contributed by atoms with Crippen molar-refractivity contribution in [3.63, 3.8) is 0 Å². The third-order valence-electron chi connectivity index (χ3n) is 8.34. The molecule has 4 saturated carbocycles.